The van der Waals surface area contributed by atoms with Crippen LogP contribution in [0.1, 0.15) is 31.7 Å². The van der Waals surface area contributed by atoms with Gasteiger partial charge in [-0.3, -0.25) is 14.4 Å². The summed E-state index contributed by atoms with van der Waals surface area (Å²) in [6.07, 6.45) is 0.490. The standard InChI is InChI=1S/C23H21N3O5/c1-21-9-10-22(31-21,11-17(27)28)23(25-2)18(21)19(29)26(20(23)30)16-8-7-13(12-24)14-5-3-4-6-15(14)16/h3-8,18,25H,9-11H2,1-2H3,(H,27,28)/t18?,21?,22?,23-/m1/s1. The predicted octanol–water partition coefficient (Wildman–Crippen LogP) is 1.96. The molecule has 2 amide bonds. The average molecular weight is 419 g/mol. The highest BCUT2D eigenvalue weighted by Crippen LogP contribution is 2.64. The highest BCUT2D eigenvalue weighted by atomic mass is 16.5. The molecule has 0 saturated carbocycles. The molecule has 2 N–H and O–H groups in total. The first-order chi connectivity index (χ1) is 14.7. The molecule has 3 heterocycles. The molecule has 4 atom stereocenters. The van der Waals surface area contributed by atoms with E-state index >= 15 is 0 Å². The zero-order chi connectivity index (χ0) is 22.2. The van der Waals surface area contributed by atoms with E-state index in [4.69, 9.17) is 4.74 Å². The molecule has 8 nitrogen and oxygen atoms in total. The first kappa shape index (κ1) is 19.7. The number of rotatable bonds is 4. The summed E-state index contributed by atoms with van der Waals surface area (Å²) in [6.45, 7) is 1.78. The van der Waals surface area contributed by atoms with E-state index in [0.29, 0.717) is 34.9 Å². The van der Waals surface area contributed by atoms with Crippen molar-refractivity contribution in [1.82, 2.24) is 5.32 Å². The summed E-state index contributed by atoms with van der Waals surface area (Å²) in [5.41, 5.74) is -2.88. The zero-order valence-electron chi connectivity index (χ0n) is 17.1. The Labute approximate surface area is 178 Å². The van der Waals surface area contributed by atoms with Gasteiger partial charge in [-0.1, -0.05) is 24.3 Å². The van der Waals surface area contributed by atoms with Gasteiger partial charge in [0.1, 0.15) is 11.1 Å². The number of benzene rings is 2. The third-order valence-corrected chi connectivity index (χ3v) is 7.32. The van der Waals surface area contributed by atoms with E-state index in [1.807, 2.05) is 0 Å². The van der Waals surface area contributed by atoms with Crippen LogP contribution in [-0.4, -0.2) is 46.7 Å². The van der Waals surface area contributed by atoms with Gasteiger partial charge in [0.05, 0.1) is 35.3 Å². The van der Waals surface area contributed by atoms with Gasteiger partial charge in [-0.15, -0.1) is 0 Å². The number of fused-ring (bicyclic) bond motifs is 6. The molecule has 3 aliphatic rings. The Morgan fingerprint density at radius 1 is 1.26 bits per heavy atom. The number of imide groups is 1. The fourth-order valence-corrected chi connectivity index (χ4v) is 6.16. The summed E-state index contributed by atoms with van der Waals surface area (Å²) in [4.78, 5) is 40.6. The van der Waals surface area contributed by atoms with Crippen LogP contribution < -0.4 is 10.2 Å². The second-order valence-electron chi connectivity index (χ2n) is 8.74. The van der Waals surface area contributed by atoms with Crippen LogP contribution in [0.25, 0.3) is 10.8 Å². The van der Waals surface area contributed by atoms with Crippen molar-refractivity contribution in [3.8, 4) is 6.07 Å². The lowest BCUT2D eigenvalue weighted by Gasteiger charge is -2.41. The summed E-state index contributed by atoms with van der Waals surface area (Å²) in [5.74, 6) is -2.85. The van der Waals surface area contributed by atoms with Crippen LogP contribution in [0.2, 0.25) is 0 Å². The van der Waals surface area contributed by atoms with Crippen molar-refractivity contribution in [3.63, 3.8) is 0 Å². The van der Waals surface area contributed by atoms with E-state index < -0.39 is 40.4 Å². The maximum absolute atomic E-state index is 14.0. The van der Waals surface area contributed by atoms with Gasteiger partial charge >= 0.3 is 5.97 Å². The Morgan fingerprint density at radius 3 is 2.61 bits per heavy atom. The number of ether oxygens (including phenoxy) is 1. The lowest BCUT2D eigenvalue weighted by molar-refractivity contribution is -0.149. The number of carbonyl (C=O) groups is 3. The molecule has 2 bridgehead atoms. The van der Waals surface area contributed by atoms with Crippen molar-refractivity contribution in [1.29, 1.82) is 5.26 Å². The smallest absolute Gasteiger partial charge is 0.306 e. The van der Waals surface area contributed by atoms with Crippen molar-refractivity contribution >= 4 is 34.2 Å². The molecule has 8 heteroatoms. The van der Waals surface area contributed by atoms with Crippen molar-refractivity contribution < 1.29 is 24.2 Å². The lowest BCUT2D eigenvalue weighted by Crippen LogP contribution is -2.68. The maximum Gasteiger partial charge on any atom is 0.306 e. The van der Waals surface area contributed by atoms with Crippen LogP contribution in [0.5, 0.6) is 0 Å². The van der Waals surface area contributed by atoms with Gasteiger partial charge in [-0.2, -0.15) is 5.26 Å². The molecule has 3 aliphatic heterocycles. The fourth-order valence-electron chi connectivity index (χ4n) is 6.16. The molecule has 0 aromatic heterocycles. The molecule has 3 fully saturated rings. The highest BCUT2D eigenvalue weighted by Gasteiger charge is 2.82. The third kappa shape index (κ3) is 2.17. The van der Waals surface area contributed by atoms with Gasteiger partial charge in [-0.05, 0) is 38.9 Å². The molecule has 158 valence electrons. The molecular formula is C23H21N3O5. The number of nitrogens with one attached hydrogen (secondary N) is 1. The molecule has 5 rings (SSSR count). The topological polar surface area (TPSA) is 120 Å². The number of nitriles is 1. The Hall–Kier alpha value is -3.28. The van der Waals surface area contributed by atoms with Gasteiger partial charge < -0.3 is 15.2 Å². The number of hydrogen-bond acceptors (Lipinski definition) is 6. The minimum absolute atomic E-state index is 0.369. The van der Waals surface area contributed by atoms with E-state index in [9.17, 15) is 24.8 Å². The van der Waals surface area contributed by atoms with Crippen molar-refractivity contribution in [2.75, 3.05) is 11.9 Å². The van der Waals surface area contributed by atoms with Gasteiger partial charge in [0.2, 0.25) is 5.91 Å². The number of carboxylic acids is 1. The quantitative estimate of drug-likeness (QED) is 0.727. The van der Waals surface area contributed by atoms with E-state index in [0.717, 1.165) is 4.90 Å². The largest absolute Gasteiger partial charge is 0.481 e. The Morgan fingerprint density at radius 2 is 1.97 bits per heavy atom. The summed E-state index contributed by atoms with van der Waals surface area (Å²) in [6, 6.07) is 12.5. The Bertz CT molecular complexity index is 1220. The van der Waals surface area contributed by atoms with Crippen molar-refractivity contribution in [3.05, 3.63) is 42.0 Å². The van der Waals surface area contributed by atoms with Crippen LogP contribution in [0, 0.1) is 17.2 Å². The highest BCUT2D eigenvalue weighted by molar-refractivity contribution is 6.29. The van der Waals surface area contributed by atoms with Gasteiger partial charge in [0.25, 0.3) is 5.91 Å². The molecular weight excluding hydrogens is 398 g/mol. The number of aliphatic carboxylic acids is 1. The van der Waals surface area contributed by atoms with E-state index in [-0.39, 0.29) is 6.42 Å². The normalized spacial score (nSPS) is 33.7. The fraction of sp³-hybridized carbons (Fsp3) is 0.391. The van der Waals surface area contributed by atoms with Crippen molar-refractivity contribution in [2.45, 2.75) is 42.9 Å². The molecule has 0 radical (unpaired) electrons. The van der Waals surface area contributed by atoms with Crippen LogP contribution in [-0.2, 0) is 19.1 Å². The first-order valence-electron chi connectivity index (χ1n) is 10.2. The average Bonchev–Trinajstić information content (AvgIpc) is 3.28. The monoisotopic (exact) mass is 419 g/mol. The molecule has 2 aromatic rings. The summed E-state index contributed by atoms with van der Waals surface area (Å²) >= 11 is 0. The molecule has 3 unspecified atom stereocenters. The second kappa shape index (κ2) is 6.13. The zero-order valence-corrected chi connectivity index (χ0v) is 17.1. The predicted molar refractivity (Wildman–Crippen MR) is 110 cm³/mol. The number of hydrogen-bond donors (Lipinski definition) is 2. The summed E-state index contributed by atoms with van der Waals surface area (Å²) < 4.78 is 6.21. The Kier molecular flexibility index (Phi) is 3.89. The summed E-state index contributed by atoms with van der Waals surface area (Å²) in [7, 11) is 1.58. The molecule has 0 spiro atoms. The Balaban J connectivity index is 1.74. The SMILES string of the molecule is CN[C@@]12C(=O)N(c3ccc(C#N)c4ccccc34)C(=O)C1C1(C)CCC2(CC(=O)O)O1. The number of anilines is 1. The van der Waals surface area contributed by atoms with Gasteiger partial charge in [0.15, 0.2) is 0 Å². The number of amides is 2. The number of likely N-dealkylation sites (N-methyl/N-ethyl adjacent to an activating group) is 1. The minimum atomic E-state index is -1.47. The number of nitrogens with zero attached hydrogens (tertiary/aromatic N) is 2. The number of carboxylic acid groups (broad SMARTS) is 1. The van der Waals surface area contributed by atoms with Crippen LogP contribution >= 0.6 is 0 Å². The lowest BCUT2D eigenvalue weighted by atomic mass is 9.62. The van der Waals surface area contributed by atoms with Crippen LogP contribution in [0.4, 0.5) is 5.69 Å². The van der Waals surface area contributed by atoms with E-state index in [2.05, 4.69) is 11.4 Å². The molecule has 2 aromatic carbocycles. The molecule has 31 heavy (non-hydrogen) atoms. The van der Waals surface area contributed by atoms with E-state index in [1.165, 1.54) is 0 Å². The minimum Gasteiger partial charge on any atom is -0.481 e. The second-order valence-corrected chi connectivity index (χ2v) is 8.74. The van der Waals surface area contributed by atoms with Gasteiger partial charge in [-0.25, -0.2) is 4.90 Å². The van der Waals surface area contributed by atoms with Gasteiger partial charge in [0, 0.05) is 10.8 Å². The van der Waals surface area contributed by atoms with Crippen LogP contribution in [0.3, 0.4) is 0 Å². The molecule has 3 saturated heterocycles. The maximum atomic E-state index is 14.0. The third-order valence-electron chi connectivity index (χ3n) is 7.32. The number of carbonyl (C=O) groups excluding carboxylic acids is 2. The summed E-state index contributed by atoms with van der Waals surface area (Å²) in [5, 5.41) is 23.3. The first-order valence-corrected chi connectivity index (χ1v) is 10.2. The van der Waals surface area contributed by atoms with Crippen LogP contribution in [0.15, 0.2) is 36.4 Å². The molecule has 0 aliphatic carbocycles. The van der Waals surface area contributed by atoms with E-state index in [1.54, 1.807) is 50.4 Å². The van der Waals surface area contributed by atoms with Crippen molar-refractivity contribution in [2.24, 2.45) is 5.92 Å².